The van der Waals surface area contributed by atoms with E-state index in [1.807, 2.05) is 24.3 Å². The van der Waals surface area contributed by atoms with E-state index in [0.717, 1.165) is 11.1 Å². The van der Waals surface area contributed by atoms with E-state index in [1.54, 1.807) is 0 Å². The predicted molar refractivity (Wildman–Crippen MR) is 50.2 cm³/mol. The first kappa shape index (κ1) is 11.1. The molecule has 0 aliphatic carbocycles. The van der Waals surface area contributed by atoms with Gasteiger partial charge in [0.15, 0.2) is 0 Å². The summed E-state index contributed by atoms with van der Waals surface area (Å²) < 4.78 is 9.65. The highest BCUT2D eigenvalue weighted by Gasteiger charge is 1.94. The monoisotopic (exact) mass is 198 g/mol. The molecule has 2 N–H and O–H groups in total. The molecular formula is C10H14O4. The van der Waals surface area contributed by atoms with Gasteiger partial charge in [-0.25, -0.2) is 0 Å². The summed E-state index contributed by atoms with van der Waals surface area (Å²) in [6, 6.07) is 7.58. The minimum atomic E-state index is -0.268. The van der Waals surface area contributed by atoms with Crippen LogP contribution in [0.1, 0.15) is 11.1 Å². The molecule has 0 heterocycles. The summed E-state index contributed by atoms with van der Waals surface area (Å²) in [5, 5.41) is 16.9. The van der Waals surface area contributed by atoms with Gasteiger partial charge in [0.1, 0.15) is 13.6 Å². The van der Waals surface area contributed by atoms with Crippen molar-refractivity contribution in [1.82, 2.24) is 0 Å². The molecule has 0 amide bonds. The Labute approximate surface area is 82.7 Å². The molecule has 0 aliphatic rings. The van der Waals surface area contributed by atoms with Gasteiger partial charge in [-0.15, -0.1) is 0 Å². The molecule has 0 aliphatic heterocycles. The minimum absolute atomic E-state index is 0.268. The number of benzene rings is 1. The Hall–Kier alpha value is -0.940. The van der Waals surface area contributed by atoms with Crippen LogP contribution in [0.5, 0.6) is 0 Å². The molecule has 0 radical (unpaired) electrons. The van der Waals surface area contributed by atoms with Crippen LogP contribution < -0.4 is 0 Å². The van der Waals surface area contributed by atoms with Crippen LogP contribution in [0.25, 0.3) is 0 Å². The van der Waals surface area contributed by atoms with Crippen LogP contribution in [0.3, 0.4) is 0 Å². The van der Waals surface area contributed by atoms with Crippen molar-refractivity contribution in [3.05, 3.63) is 35.4 Å². The van der Waals surface area contributed by atoms with Gasteiger partial charge in [0, 0.05) is 0 Å². The van der Waals surface area contributed by atoms with Crippen molar-refractivity contribution in [1.29, 1.82) is 0 Å². The average Bonchev–Trinajstić information content (AvgIpc) is 2.25. The highest BCUT2D eigenvalue weighted by atomic mass is 16.6. The molecule has 4 heteroatoms. The standard InChI is InChI=1S/C10H14O4/c11-7-13-5-9-1-2-10(4-3-9)6-14-8-12/h1-4,11-12H,5-8H2. The summed E-state index contributed by atoms with van der Waals surface area (Å²) >= 11 is 0. The maximum absolute atomic E-state index is 8.43. The van der Waals surface area contributed by atoms with Gasteiger partial charge in [-0.3, -0.25) is 0 Å². The molecule has 4 nitrogen and oxygen atoms in total. The second kappa shape index (κ2) is 6.50. The number of aliphatic hydroxyl groups is 2. The van der Waals surface area contributed by atoms with Crippen LogP contribution in [0.2, 0.25) is 0 Å². The predicted octanol–water partition coefficient (Wildman–Crippen LogP) is 0.619. The van der Waals surface area contributed by atoms with Crippen LogP contribution in [-0.2, 0) is 22.7 Å². The van der Waals surface area contributed by atoms with E-state index < -0.39 is 0 Å². The van der Waals surface area contributed by atoms with Gasteiger partial charge in [-0.2, -0.15) is 0 Å². The molecule has 0 aromatic heterocycles. The van der Waals surface area contributed by atoms with Crippen molar-refractivity contribution in [2.45, 2.75) is 13.2 Å². The van der Waals surface area contributed by atoms with Gasteiger partial charge in [-0.05, 0) is 11.1 Å². The van der Waals surface area contributed by atoms with Gasteiger partial charge >= 0.3 is 0 Å². The lowest BCUT2D eigenvalue weighted by Crippen LogP contribution is -1.96. The Bertz CT molecular complexity index is 218. The van der Waals surface area contributed by atoms with Gasteiger partial charge in [-0.1, -0.05) is 24.3 Å². The quantitative estimate of drug-likeness (QED) is 0.658. The molecule has 0 bridgehead atoms. The molecule has 78 valence electrons. The van der Waals surface area contributed by atoms with Crippen molar-refractivity contribution >= 4 is 0 Å². The van der Waals surface area contributed by atoms with Crippen LogP contribution in [0.15, 0.2) is 24.3 Å². The lowest BCUT2D eigenvalue weighted by molar-refractivity contribution is -0.0125. The number of aliphatic hydroxyl groups excluding tert-OH is 2. The van der Waals surface area contributed by atoms with E-state index in [9.17, 15) is 0 Å². The van der Waals surface area contributed by atoms with Crippen molar-refractivity contribution in [2.75, 3.05) is 13.6 Å². The fraction of sp³-hybridized carbons (Fsp3) is 0.400. The molecule has 0 fully saturated rings. The van der Waals surface area contributed by atoms with Crippen molar-refractivity contribution in [3.8, 4) is 0 Å². The summed E-state index contributed by atoms with van der Waals surface area (Å²) in [4.78, 5) is 0. The molecule has 0 saturated carbocycles. The lowest BCUT2D eigenvalue weighted by atomic mass is 10.1. The van der Waals surface area contributed by atoms with Crippen LogP contribution >= 0.6 is 0 Å². The zero-order valence-electron chi connectivity index (χ0n) is 7.85. The summed E-state index contributed by atoms with van der Waals surface area (Å²) in [6.07, 6.45) is 0. The maximum atomic E-state index is 8.43. The van der Waals surface area contributed by atoms with Gasteiger partial charge in [0.25, 0.3) is 0 Å². The van der Waals surface area contributed by atoms with Crippen LogP contribution in [-0.4, -0.2) is 23.8 Å². The van der Waals surface area contributed by atoms with E-state index >= 15 is 0 Å². The van der Waals surface area contributed by atoms with E-state index in [-0.39, 0.29) is 13.6 Å². The lowest BCUT2D eigenvalue weighted by Gasteiger charge is -2.03. The Kier molecular flexibility index (Phi) is 5.17. The number of ether oxygens (including phenoxy) is 2. The third-order valence-electron chi connectivity index (χ3n) is 1.74. The van der Waals surface area contributed by atoms with Crippen molar-refractivity contribution in [2.24, 2.45) is 0 Å². The van der Waals surface area contributed by atoms with E-state index in [1.165, 1.54) is 0 Å². The third-order valence-corrected chi connectivity index (χ3v) is 1.74. The summed E-state index contributed by atoms with van der Waals surface area (Å²) in [6.45, 7) is 0.264. The van der Waals surface area contributed by atoms with E-state index in [0.29, 0.717) is 13.2 Å². The smallest absolute Gasteiger partial charge is 0.144 e. The molecule has 0 saturated heterocycles. The van der Waals surface area contributed by atoms with Gasteiger partial charge in [0.2, 0.25) is 0 Å². The molecule has 1 aromatic carbocycles. The second-order valence-electron chi connectivity index (χ2n) is 2.77. The summed E-state index contributed by atoms with van der Waals surface area (Å²) in [5.41, 5.74) is 1.98. The first-order valence-electron chi connectivity index (χ1n) is 4.32. The van der Waals surface area contributed by atoms with Crippen molar-refractivity contribution in [3.63, 3.8) is 0 Å². The van der Waals surface area contributed by atoms with Crippen molar-refractivity contribution < 1.29 is 19.7 Å². The normalized spacial score (nSPS) is 10.4. The Balaban J connectivity index is 2.42. The number of rotatable bonds is 6. The molecule has 0 atom stereocenters. The first-order valence-corrected chi connectivity index (χ1v) is 4.32. The third kappa shape index (κ3) is 3.85. The summed E-state index contributed by atoms with van der Waals surface area (Å²) in [5.74, 6) is 0. The maximum Gasteiger partial charge on any atom is 0.144 e. The van der Waals surface area contributed by atoms with Crippen LogP contribution in [0.4, 0.5) is 0 Å². The highest BCUT2D eigenvalue weighted by molar-refractivity contribution is 5.21. The summed E-state index contributed by atoms with van der Waals surface area (Å²) in [7, 11) is 0. The van der Waals surface area contributed by atoms with E-state index in [2.05, 4.69) is 0 Å². The first-order chi connectivity index (χ1) is 6.86. The van der Waals surface area contributed by atoms with Gasteiger partial charge < -0.3 is 19.7 Å². The molecule has 0 spiro atoms. The molecule has 1 rings (SSSR count). The zero-order valence-corrected chi connectivity index (χ0v) is 7.85. The zero-order chi connectivity index (χ0) is 10.2. The molecule has 1 aromatic rings. The Morgan fingerprint density at radius 3 is 1.43 bits per heavy atom. The largest absolute Gasteiger partial charge is 0.371 e. The number of hydrogen-bond acceptors (Lipinski definition) is 4. The van der Waals surface area contributed by atoms with Gasteiger partial charge in [0.05, 0.1) is 13.2 Å². The second-order valence-corrected chi connectivity index (χ2v) is 2.77. The Morgan fingerprint density at radius 1 is 0.786 bits per heavy atom. The fourth-order valence-electron chi connectivity index (χ4n) is 1.06. The average molecular weight is 198 g/mol. The fourth-order valence-corrected chi connectivity index (χ4v) is 1.06. The minimum Gasteiger partial charge on any atom is -0.371 e. The topological polar surface area (TPSA) is 58.9 Å². The van der Waals surface area contributed by atoms with Crippen LogP contribution in [0, 0.1) is 0 Å². The Morgan fingerprint density at radius 2 is 1.14 bits per heavy atom. The number of hydrogen-bond donors (Lipinski definition) is 2. The van der Waals surface area contributed by atoms with E-state index in [4.69, 9.17) is 19.7 Å². The SMILES string of the molecule is OCOCc1ccc(COCO)cc1. The molecular weight excluding hydrogens is 184 g/mol. The molecule has 14 heavy (non-hydrogen) atoms. The molecule has 0 unspecified atom stereocenters. The highest BCUT2D eigenvalue weighted by Crippen LogP contribution is 2.06.